The van der Waals surface area contributed by atoms with Crippen molar-refractivity contribution < 1.29 is 19.4 Å². The van der Waals surface area contributed by atoms with Gasteiger partial charge in [-0.1, -0.05) is 31.8 Å². The fourth-order valence-electron chi connectivity index (χ4n) is 3.79. The third kappa shape index (κ3) is 3.47. The largest absolute Gasteiger partial charge is 0.478 e. The van der Waals surface area contributed by atoms with E-state index in [0.717, 1.165) is 32.1 Å². The van der Waals surface area contributed by atoms with Crippen LogP contribution >= 0.6 is 0 Å². The molecule has 1 unspecified atom stereocenters. The van der Waals surface area contributed by atoms with E-state index < -0.39 is 11.4 Å². The van der Waals surface area contributed by atoms with Crippen LogP contribution in [0.3, 0.4) is 0 Å². The van der Waals surface area contributed by atoms with Gasteiger partial charge in [0.1, 0.15) is 5.41 Å². The van der Waals surface area contributed by atoms with Crippen LogP contribution < -0.4 is 0 Å². The predicted octanol–water partition coefficient (Wildman–Crippen LogP) is 3.95. The van der Waals surface area contributed by atoms with Crippen molar-refractivity contribution in [3.05, 3.63) is 11.1 Å². The van der Waals surface area contributed by atoms with Crippen LogP contribution in [0, 0.1) is 11.3 Å². The van der Waals surface area contributed by atoms with Crippen LogP contribution in [-0.4, -0.2) is 23.7 Å². The molecule has 1 fully saturated rings. The lowest BCUT2D eigenvalue weighted by molar-refractivity contribution is -0.160. The molecule has 1 atom stereocenters. The van der Waals surface area contributed by atoms with Gasteiger partial charge in [-0.15, -0.1) is 0 Å². The van der Waals surface area contributed by atoms with Crippen molar-refractivity contribution in [3.63, 3.8) is 0 Å². The molecule has 120 valence electrons. The van der Waals surface area contributed by atoms with E-state index >= 15 is 0 Å². The van der Waals surface area contributed by atoms with Gasteiger partial charge >= 0.3 is 11.9 Å². The van der Waals surface area contributed by atoms with E-state index in [-0.39, 0.29) is 24.1 Å². The van der Waals surface area contributed by atoms with Gasteiger partial charge < -0.3 is 9.84 Å². The molecule has 0 radical (unpaired) electrons. The lowest BCUT2D eigenvalue weighted by atomic mass is 9.62. The van der Waals surface area contributed by atoms with Crippen molar-refractivity contribution in [2.75, 3.05) is 6.61 Å². The molecular formula is C17H28O4. The first-order valence-electron chi connectivity index (χ1n) is 8.00. The number of hydrogen-bond acceptors (Lipinski definition) is 3. The van der Waals surface area contributed by atoms with Crippen LogP contribution in [0.1, 0.15) is 66.2 Å². The van der Waals surface area contributed by atoms with Gasteiger partial charge in [-0.25, -0.2) is 4.79 Å². The van der Waals surface area contributed by atoms with E-state index in [1.807, 2.05) is 6.92 Å². The number of allylic oxidation sites excluding steroid dienone is 1. The van der Waals surface area contributed by atoms with E-state index in [4.69, 9.17) is 4.74 Å². The van der Waals surface area contributed by atoms with Gasteiger partial charge in [0.2, 0.25) is 0 Å². The maximum atomic E-state index is 12.7. The summed E-state index contributed by atoms with van der Waals surface area (Å²) < 4.78 is 5.30. The van der Waals surface area contributed by atoms with Gasteiger partial charge in [-0.3, -0.25) is 4.79 Å². The zero-order chi connectivity index (χ0) is 16.0. The Morgan fingerprint density at radius 2 is 1.71 bits per heavy atom. The topological polar surface area (TPSA) is 63.6 Å². The minimum Gasteiger partial charge on any atom is -0.478 e. The second-order valence-electron chi connectivity index (χ2n) is 6.06. The van der Waals surface area contributed by atoms with Crippen LogP contribution in [0.15, 0.2) is 11.1 Å². The van der Waals surface area contributed by atoms with E-state index in [0.29, 0.717) is 12.0 Å². The summed E-state index contributed by atoms with van der Waals surface area (Å²) in [5.74, 6) is -1.29. The maximum absolute atomic E-state index is 12.7. The third-order valence-electron chi connectivity index (χ3n) is 4.66. The second kappa shape index (κ2) is 7.62. The number of hydrogen-bond donors (Lipinski definition) is 1. The number of rotatable bonds is 6. The molecule has 0 bridgehead atoms. The quantitative estimate of drug-likeness (QED) is 0.595. The number of carboxylic acid groups (broad SMARTS) is 1. The first-order valence-corrected chi connectivity index (χ1v) is 8.00. The smallest absolute Gasteiger partial charge is 0.332 e. The Hall–Kier alpha value is -1.32. The molecule has 21 heavy (non-hydrogen) atoms. The molecule has 0 aromatic heterocycles. The highest BCUT2D eigenvalue weighted by Crippen LogP contribution is 2.48. The molecule has 0 aromatic rings. The zero-order valence-corrected chi connectivity index (χ0v) is 13.7. The summed E-state index contributed by atoms with van der Waals surface area (Å²) in [7, 11) is 0. The maximum Gasteiger partial charge on any atom is 0.332 e. The molecule has 0 amide bonds. The Morgan fingerprint density at radius 3 is 2.10 bits per heavy atom. The molecule has 1 N–H and O–H groups in total. The van der Waals surface area contributed by atoms with Crippen LogP contribution in [0.2, 0.25) is 0 Å². The van der Waals surface area contributed by atoms with Gasteiger partial charge in [-0.05, 0) is 46.0 Å². The third-order valence-corrected chi connectivity index (χ3v) is 4.66. The van der Waals surface area contributed by atoms with E-state index in [1.54, 1.807) is 20.8 Å². The predicted molar refractivity (Wildman–Crippen MR) is 81.9 cm³/mol. The highest BCUT2D eigenvalue weighted by molar-refractivity contribution is 5.98. The minimum absolute atomic E-state index is 0.0660. The Bertz CT molecular complexity index is 415. The first-order chi connectivity index (χ1) is 9.91. The van der Waals surface area contributed by atoms with Gasteiger partial charge in [0, 0.05) is 0 Å². The van der Waals surface area contributed by atoms with Gasteiger partial charge in [0.25, 0.3) is 0 Å². The molecule has 1 aliphatic carbocycles. The molecule has 0 heterocycles. The second-order valence-corrected chi connectivity index (χ2v) is 6.06. The van der Waals surface area contributed by atoms with Crippen molar-refractivity contribution in [2.24, 2.45) is 11.3 Å². The van der Waals surface area contributed by atoms with Crippen LogP contribution in [0.5, 0.6) is 0 Å². The summed E-state index contributed by atoms with van der Waals surface area (Å²) in [6, 6.07) is 0. The SMILES string of the molecule is CCOC(=O)C(CC)(C(C(=O)O)=C(C)C)C1CCCCC1. The molecule has 4 nitrogen and oxygen atoms in total. The van der Waals surface area contributed by atoms with Crippen molar-refractivity contribution in [2.45, 2.75) is 66.2 Å². The summed E-state index contributed by atoms with van der Waals surface area (Å²) >= 11 is 0. The summed E-state index contributed by atoms with van der Waals surface area (Å²) in [6.07, 6.45) is 5.55. The molecule has 1 saturated carbocycles. The molecule has 0 aromatic carbocycles. The summed E-state index contributed by atoms with van der Waals surface area (Å²) in [4.78, 5) is 24.6. The van der Waals surface area contributed by atoms with Gasteiger partial charge in [-0.2, -0.15) is 0 Å². The van der Waals surface area contributed by atoms with Crippen molar-refractivity contribution in [1.29, 1.82) is 0 Å². The van der Waals surface area contributed by atoms with Gasteiger partial charge in [0.15, 0.2) is 0 Å². The van der Waals surface area contributed by atoms with E-state index in [9.17, 15) is 14.7 Å². The first kappa shape index (κ1) is 17.7. The normalized spacial score (nSPS) is 18.7. The molecule has 0 saturated heterocycles. The number of carbonyl (C=O) groups is 2. The average molecular weight is 296 g/mol. The number of carboxylic acids is 1. The summed E-state index contributed by atoms with van der Waals surface area (Å²) in [6.45, 7) is 7.49. The fourth-order valence-corrected chi connectivity index (χ4v) is 3.79. The van der Waals surface area contributed by atoms with Crippen molar-refractivity contribution in [3.8, 4) is 0 Å². The van der Waals surface area contributed by atoms with E-state index in [2.05, 4.69) is 0 Å². The molecule has 0 aliphatic heterocycles. The van der Waals surface area contributed by atoms with Gasteiger partial charge in [0.05, 0.1) is 12.2 Å². The number of aliphatic carboxylic acids is 1. The molecule has 0 spiro atoms. The summed E-state index contributed by atoms with van der Waals surface area (Å²) in [5.41, 5.74) is -0.0560. The number of esters is 1. The zero-order valence-electron chi connectivity index (χ0n) is 13.7. The Kier molecular flexibility index (Phi) is 6.43. The van der Waals surface area contributed by atoms with Crippen molar-refractivity contribution >= 4 is 11.9 Å². The van der Waals surface area contributed by atoms with Crippen molar-refractivity contribution in [1.82, 2.24) is 0 Å². The molecule has 4 heteroatoms. The monoisotopic (exact) mass is 296 g/mol. The Labute approximate surface area is 127 Å². The fraction of sp³-hybridized carbons (Fsp3) is 0.765. The Balaban J connectivity index is 3.40. The Morgan fingerprint density at radius 1 is 1.14 bits per heavy atom. The molecule has 1 aliphatic rings. The highest BCUT2D eigenvalue weighted by Gasteiger charge is 2.51. The average Bonchev–Trinajstić information content (AvgIpc) is 2.44. The van der Waals surface area contributed by atoms with Crippen LogP contribution in [0.4, 0.5) is 0 Å². The number of carbonyl (C=O) groups excluding carboxylic acids is 1. The summed E-state index contributed by atoms with van der Waals surface area (Å²) in [5, 5.41) is 9.69. The highest BCUT2D eigenvalue weighted by atomic mass is 16.5. The van der Waals surface area contributed by atoms with Crippen LogP contribution in [0.25, 0.3) is 0 Å². The van der Waals surface area contributed by atoms with E-state index in [1.165, 1.54) is 0 Å². The number of ether oxygens (including phenoxy) is 1. The standard InChI is InChI=1S/C17H28O4/c1-5-17(16(20)21-6-2,13-10-8-7-9-11-13)14(12(3)4)15(18)19/h13H,5-11H2,1-4H3,(H,18,19). The molecule has 1 rings (SSSR count). The molecular weight excluding hydrogens is 268 g/mol. The lowest BCUT2D eigenvalue weighted by Crippen LogP contribution is -2.45. The minimum atomic E-state index is -0.999. The lowest BCUT2D eigenvalue weighted by Gasteiger charge is -2.41. The van der Waals surface area contributed by atoms with Crippen LogP contribution in [-0.2, 0) is 14.3 Å².